The number of carbonyl (C=O) groups excluding carboxylic acids is 1. The first kappa shape index (κ1) is 20.5. The molecule has 156 valence electrons. The molecule has 0 spiro atoms. The molecule has 1 aliphatic carbocycles. The third-order valence-electron chi connectivity index (χ3n) is 6.32. The van der Waals surface area contributed by atoms with Crippen LogP contribution in [0.25, 0.3) is 22.2 Å². The average molecular weight is 402 g/mol. The van der Waals surface area contributed by atoms with Crippen molar-refractivity contribution in [2.75, 3.05) is 20.1 Å². The molecule has 1 aromatic heterocycles. The summed E-state index contributed by atoms with van der Waals surface area (Å²) in [5.41, 5.74) is 4.64. The third-order valence-corrected chi connectivity index (χ3v) is 6.32. The van der Waals surface area contributed by atoms with Crippen molar-refractivity contribution in [1.82, 2.24) is 15.6 Å². The van der Waals surface area contributed by atoms with E-state index in [0.717, 1.165) is 41.2 Å². The Kier molecular flexibility index (Phi) is 6.44. The van der Waals surface area contributed by atoms with Crippen molar-refractivity contribution in [3.63, 3.8) is 0 Å². The number of aryl methyl sites for hydroxylation is 1. The summed E-state index contributed by atoms with van der Waals surface area (Å²) in [5, 5.41) is 7.41. The van der Waals surface area contributed by atoms with Crippen molar-refractivity contribution in [1.29, 1.82) is 0 Å². The monoisotopic (exact) mass is 401 g/mol. The van der Waals surface area contributed by atoms with Crippen LogP contribution in [0, 0.1) is 18.8 Å². The molecule has 2 aromatic carbocycles. The summed E-state index contributed by atoms with van der Waals surface area (Å²) in [6.45, 7) is 3.92. The highest BCUT2D eigenvalue weighted by atomic mass is 16.1. The number of para-hydroxylation sites is 1. The van der Waals surface area contributed by atoms with Gasteiger partial charge in [-0.05, 0) is 70.2 Å². The maximum atomic E-state index is 13.2. The maximum absolute atomic E-state index is 13.2. The molecule has 1 saturated carbocycles. The summed E-state index contributed by atoms with van der Waals surface area (Å²) in [4.78, 5) is 18.0. The Morgan fingerprint density at radius 1 is 0.967 bits per heavy atom. The molecule has 0 aliphatic heterocycles. The molecule has 0 radical (unpaired) electrons. The molecule has 4 rings (SSSR count). The van der Waals surface area contributed by atoms with Crippen LogP contribution in [0.3, 0.4) is 0 Å². The number of nitrogens with one attached hydrogen (secondary N) is 2. The Labute approximate surface area is 179 Å². The molecule has 0 saturated heterocycles. The van der Waals surface area contributed by atoms with E-state index >= 15 is 0 Å². The molecule has 4 heteroatoms. The summed E-state index contributed by atoms with van der Waals surface area (Å²) in [6, 6.07) is 18.1. The standard InChI is InChI=1S/C26H31N3O/c1-18-7-13-21(14-8-18)25-15-23(22-5-3-4-6-24(22)29-25)26(30)28-17-20-11-9-19(10-12-20)16-27-2/h3-8,13-15,19-20,27H,9-12,16-17H2,1-2H3,(H,28,30). The number of rotatable bonds is 6. The van der Waals surface area contributed by atoms with E-state index in [0.29, 0.717) is 11.5 Å². The summed E-state index contributed by atoms with van der Waals surface area (Å²) in [6.07, 6.45) is 4.88. The van der Waals surface area contributed by atoms with E-state index < -0.39 is 0 Å². The first-order valence-electron chi connectivity index (χ1n) is 11.0. The smallest absolute Gasteiger partial charge is 0.252 e. The van der Waals surface area contributed by atoms with Crippen molar-refractivity contribution in [2.45, 2.75) is 32.6 Å². The van der Waals surface area contributed by atoms with Crippen LogP contribution in [0.4, 0.5) is 0 Å². The number of nitrogens with zero attached hydrogens (tertiary/aromatic N) is 1. The van der Waals surface area contributed by atoms with E-state index in [-0.39, 0.29) is 5.91 Å². The summed E-state index contributed by atoms with van der Waals surface area (Å²) in [7, 11) is 2.02. The van der Waals surface area contributed by atoms with Gasteiger partial charge in [0.15, 0.2) is 0 Å². The molecule has 30 heavy (non-hydrogen) atoms. The number of hydrogen-bond acceptors (Lipinski definition) is 3. The zero-order valence-corrected chi connectivity index (χ0v) is 17.9. The lowest BCUT2D eigenvalue weighted by Gasteiger charge is -2.28. The fourth-order valence-electron chi connectivity index (χ4n) is 4.50. The second-order valence-electron chi connectivity index (χ2n) is 8.59. The summed E-state index contributed by atoms with van der Waals surface area (Å²) in [5.74, 6) is 1.36. The second kappa shape index (κ2) is 9.40. The van der Waals surface area contributed by atoms with Crippen LogP contribution < -0.4 is 10.6 Å². The Morgan fingerprint density at radius 3 is 2.33 bits per heavy atom. The molecule has 0 atom stereocenters. The van der Waals surface area contributed by atoms with Gasteiger partial charge in [0.1, 0.15) is 0 Å². The summed E-state index contributed by atoms with van der Waals surface area (Å²) >= 11 is 0. The SMILES string of the molecule is CNCC1CCC(CNC(=O)c2cc(-c3ccc(C)cc3)nc3ccccc23)CC1. The van der Waals surface area contributed by atoms with E-state index in [4.69, 9.17) is 4.98 Å². The fraction of sp³-hybridized carbons (Fsp3) is 0.385. The summed E-state index contributed by atoms with van der Waals surface area (Å²) < 4.78 is 0. The lowest BCUT2D eigenvalue weighted by atomic mass is 9.82. The van der Waals surface area contributed by atoms with Gasteiger partial charge in [0.2, 0.25) is 0 Å². The Bertz CT molecular complexity index is 1000. The minimum Gasteiger partial charge on any atom is -0.352 e. The van der Waals surface area contributed by atoms with Crippen molar-refractivity contribution in [2.24, 2.45) is 11.8 Å². The van der Waals surface area contributed by atoms with E-state index in [9.17, 15) is 4.79 Å². The van der Waals surface area contributed by atoms with Crippen LogP contribution in [0.15, 0.2) is 54.6 Å². The second-order valence-corrected chi connectivity index (χ2v) is 8.59. The van der Waals surface area contributed by atoms with Crippen LogP contribution in [-0.4, -0.2) is 31.0 Å². The average Bonchev–Trinajstić information content (AvgIpc) is 2.78. The number of aromatic nitrogens is 1. The molecule has 0 bridgehead atoms. The van der Waals surface area contributed by atoms with Crippen molar-refractivity contribution in [3.8, 4) is 11.3 Å². The van der Waals surface area contributed by atoms with Gasteiger partial charge in [0.05, 0.1) is 16.8 Å². The highest BCUT2D eigenvalue weighted by Crippen LogP contribution is 2.29. The van der Waals surface area contributed by atoms with Gasteiger partial charge in [-0.1, -0.05) is 48.0 Å². The molecule has 0 unspecified atom stereocenters. The molecule has 1 aliphatic rings. The molecule has 2 N–H and O–H groups in total. The topological polar surface area (TPSA) is 54.0 Å². The fourth-order valence-corrected chi connectivity index (χ4v) is 4.50. The minimum atomic E-state index is -0.000639. The zero-order valence-electron chi connectivity index (χ0n) is 17.9. The number of carbonyl (C=O) groups is 1. The van der Waals surface area contributed by atoms with Crippen LogP contribution in [0.2, 0.25) is 0 Å². The van der Waals surface area contributed by atoms with Gasteiger partial charge in [0.25, 0.3) is 5.91 Å². The minimum absolute atomic E-state index is 0.000639. The predicted octanol–water partition coefficient (Wildman–Crippen LogP) is 4.97. The van der Waals surface area contributed by atoms with Gasteiger partial charge < -0.3 is 10.6 Å². The third kappa shape index (κ3) is 4.71. The highest BCUT2D eigenvalue weighted by Gasteiger charge is 2.22. The number of hydrogen-bond donors (Lipinski definition) is 2. The van der Waals surface area contributed by atoms with Gasteiger partial charge >= 0.3 is 0 Å². The van der Waals surface area contributed by atoms with E-state index in [2.05, 4.69) is 41.8 Å². The van der Waals surface area contributed by atoms with E-state index in [1.165, 1.54) is 31.2 Å². The molecule has 3 aromatic rings. The number of amides is 1. The predicted molar refractivity (Wildman–Crippen MR) is 124 cm³/mol. The number of fused-ring (bicyclic) bond motifs is 1. The first-order chi connectivity index (χ1) is 14.6. The maximum Gasteiger partial charge on any atom is 0.252 e. The Hall–Kier alpha value is -2.72. The molecular formula is C26H31N3O. The zero-order chi connectivity index (χ0) is 20.9. The van der Waals surface area contributed by atoms with Gasteiger partial charge in [-0.15, -0.1) is 0 Å². The lowest BCUT2D eigenvalue weighted by molar-refractivity contribution is 0.0943. The number of benzene rings is 2. The largest absolute Gasteiger partial charge is 0.352 e. The normalized spacial score (nSPS) is 19.0. The van der Waals surface area contributed by atoms with Gasteiger partial charge in [-0.2, -0.15) is 0 Å². The Balaban J connectivity index is 1.52. The molecule has 1 fully saturated rings. The van der Waals surface area contributed by atoms with Crippen LogP contribution >= 0.6 is 0 Å². The van der Waals surface area contributed by atoms with Gasteiger partial charge in [-0.3, -0.25) is 4.79 Å². The van der Waals surface area contributed by atoms with Gasteiger partial charge in [-0.25, -0.2) is 4.98 Å². The van der Waals surface area contributed by atoms with Crippen molar-refractivity contribution in [3.05, 3.63) is 65.7 Å². The number of pyridine rings is 1. The van der Waals surface area contributed by atoms with E-state index in [1.54, 1.807) is 0 Å². The Morgan fingerprint density at radius 2 is 1.63 bits per heavy atom. The first-order valence-corrected chi connectivity index (χ1v) is 11.0. The highest BCUT2D eigenvalue weighted by molar-refractivity contribution is 6.07. The molecule has 1 amide bonds. The van der Waals surface area contributed by atoms with Crippen molar-refractivity contribution >= 4 is 16.8 Å². The molecule has 1 heterocycles. The van der Waals surface area contributed by atoms with Gasteiger partial charge in [0, 0.05) is 17.5 Å². The lowest BCUT2D eigenvalue weighted by Crippen LogP contribution is -2.32. The van der Waals surface area contributed by atoms with Crippen molar-refractivity contribution < 1.29 is 4.79 Å². The molecular weight excluding hydrogens is 370 g/mol. The van der Waals surface area contributed by atoms with Crippen LogP contribution in [0.1, 0.15) is 41.6 Å². The van der Waals surface area contributed by atoms with Crippen LogP contribution in [0.5, 0.6) is 0 Å². The molecule has 4 nitrogen and oxygen atoms in total. The quantitative estimate of drug-likeness (QED) is 0.613. The van der Waals surface area contributed by atoms with E-state index in [1.807, 2.05) is 37.4 Å². The van der Waals surface area contributed by atoms with Crippen LogP contribution in [-0.2, 0) is 0 Å².